The summed E-state index contributed by atoms with van der Waals surface area (Å²) in [5.74, 6) is 1.07. The molecule has 0 spiro atoms. The minimum absolute atomic E-state index is 0.00161. The summed E-state index contributed by atoms with van der Waals surface area (Å²) < 4.78 is 5.16. The molecule has 0 bridgehead atoms. The van der Waals surface area contributed by atoms with Gasteiger partial charge < -0.3 is 19.9 Å². The third kappa shape index (κ3) is 4.68. The minimum atomic E-state index is -0.00161. The van der Waals surface area contributed by atoms with Crippen LogP contribution in [0.3, 0.4) is 0 Å². The molecule has 0 radical (unpaired) electrons. The highest BCUT2D eigenvalue weighted by molar-refractivity contribution is 5.78. The first kappa shape index (κ1) is 18.5. The van der Waals surface area contributed by atoms with Gasteiger partial charge >= 0.3 is 6.03 Å². The van der Waals surface area contributed by atoms with E-state index in [-0.39, 0.29) is 18.0 Å². The fourth-order valence-corrected chi connectivity index (χ4v) is 3.84. The summed E-state index contributed by atoms with van der Waals surface area (Å²) in [6.07, 6.45) is 5.75. The predicted octanol–water partition coefficient (Wildman–Crippen LogP) is 2.77. The molecule has 3 rings (SSSR count). The summed E-state index contributed by atoms with van der Waals surface area (Å²) in [6, 6.07) is 7.96. The van der Waals surface area contributed by atoms with Crippen LogP contribution in [0, 0.1) is 0 Å². The van der Waals surface area contributed by atoms with Gasteiger partial charge in [0, 0.05) is 38.6 Å². The van der Waals surface area contributed by atoms with Crippen LogP contribution < -0.4 is 10.1 Å². The van der Waals surface area contributed by atoms with Gasteiger partial charge in [-0.1, -0.05) is 12.1 Å². The molecule has 1 aromatic carbocycles. The van der Waals surface area contributed by atoms with E-state index in [9.17, 15) is 9.59 Å². The molecule has 142 valence electrons. The van der Waals surface area contributed by atoms with Gasteiger partial charge in [-0.2, -0.15) is 0 Å². The molecule has 2 heterocycles. The number of methoxy groups -OCH3 is 1. The molecule has 0 aliphatic carbocycles. The number of nitrogens with zero attached hydrogens (tertiary/aromatic N) is 2. The van der Waals surface area contributed by atoms with Crippen molar-refractivity contribution in [1.82, 2.24) is 15.1 Å². The highest BCUT2D eigenvalue weighted by Crippen LogP contribution is 2.21. The van der Waals surface area contributed by atoms with Crippen LogP contribution in [0.2, 0.25) is 0 Å². The quantitative estimate of drug-likeness (QED) is 0.849. The summed E-state index contributed by atoms with van der Waals surface area (Å²) in [5, 5.41) is 3.04. The molecule has 2 saturated heterocycles. The molecule has 6 heteroatoms. The molecule has 1 aromatic rings. The number of nitrogens with one attached hydrogen (secondary N) is 1. The second-order valence-corrected chi connectivity index (χ2v) is 7.12. The lowest BCUT2D eigenvalue weighted by Crippen LogP contribution is -2.49. The van der Waals surface area contributed by atoms with E-state index in [0.29, 0.717) is 13.0 Å². The Labute approximate surface area is 155 Å². The maximum atomic E-state index is 12.7. The van der Waals surface area contributed by atoms with Crippen molar-refractivity contribution in [3.05, 3.63) is 29.8 Å². The number of hydrogen-bond acceptors (Lipinski definition) is 3. The number of likely N-dealkylation sites (tertiary alicyclic amines) is 2. The van der Waals surface area contributed by atoms with Gasteiger partial charge in [0.1, 0.15) is 5.75 Å². The lowest BCUT2D eigenvalue weighted by atomic mass is 9.99. The lowest BCUT2D eigenvalue weighted by molar-refractivity contribution is -0.127. The van der Waals surface area contributed by atoms with Crippen molar-refractivity contribution in [2.45, 2.75) is 51.1 Å². The molecule has 1 N–H and O–H groups in total. The van der Waals surface area contributed by atoms with Crippen LogP contribution in [-0.4, -0.2) is 54.5 Å². The second kappa shape index (κ2) is 8.92. The highest BCUT2D eigenvalue weighted by Gasteiger charge is 2.28. The van der Waals surface area contributed by atoms with E-state index in [4.69, 9.17) is 4.74 Å². The van der Waals surface area contributed by atoms with Crippen molar-refractivity contribution in [2.24, 2.45) is 0 Å². The van der Waals surface area contributed by atoms with Gasteiger partial charge in [0.25, 0.3) is 0 Å². The Morgan fingerprint density at radius 3 is 2.69 bits per heavy atom. The highest BCUT2D eigenvalue weighted by atomic mass is 16.5. The zero-order chi connectivity index (χ0) is 18.4. The van der Waals surface area contributed by atoms with Gasteiger partial charge in [-0.3, -0.25) is 4.79 Å². The maximum absolute atomic E-state index is 12.7. The molecule has 3 amide bonds. The van der Waals surface area contributed by atoms with Gasteiger partial charge in [0.2, 0.25) is 5.91 Å². The van der Waals surface area contributed by atoms with Crippen LogP contribution >= 0.6 is 0 Å². The molecular formula is C20H29N3O3. The van der Waals surface area contributed by atoms with Gasteiger partial charge in [0.15, 0.2) is 0 Å². The van der Waals surface area contributed by atoms with E-state index >= 15 is 0 Å². The third-order valence-electron chi connectivity index (χ3n) is 5.39. The number of carbonyl (C=O) groups is 2. The Morgan fingerprint density at radius 2 is 2.00 bits per heavy atom. The van der Waals surface area contributed by atoms with Gasteiger partial charge in [-0.15, -0.1) is 0 Å². The van der Waals surface area contributed by atoms with Gasteiger partial charge in [-0.25, -0.2) is 4.79 Å². The fraction of sp³-hybridized carbons (Fsp3) is 0.600. The first-order valence-electron chi connectivity index (χ1n) is 9.62. The second-order valence-electron chi connectivity index (χ2n) is 7.12. The van der Waals surface area contributed by atoms with Crippen LogP contribution in [0.15, 0.2) is 24.3 Å². The number of hydrogen-bond donors (Lipinski definition) is 1. The normalized spacial score (nSPS) is 20.3. The molecule has 2 fully saturated rings. The first-order valence-corrected chi connectivity index (χ1v) is 9.62. The van der Waals surface area contributed by atoms with Crippen LogP contribution in [0.5, 0.6) is 5.75 Å². The van der Waals surface area contributed by atoms with Crippen molar-refractivity contribution in [2.75, 3.05) is 26.7 Å². The Hall–Kier alpha value is -2.24. The van der Waals surface area contributed by atoms with Crippen LogP contribution in [0.4, 0.5) is 4.79 Å². The SMILES string of the molecule is COc1ccc(CNC(=O)N2CCCC[C@H]2CCN2CCCC2=O)cc1. The Kier molecular flexibility index (Phi) is 6.36. The van der Waals surface area contributed by atoms with Crippen molar-refractivity contribution < 1.29 is 14.3 Å². The fourth-order valence-electron chi connectivity index (χ4n) is 3.84. The molecule has 0 unspecified atom stereocenters. The third-order valence-corrected chi connectivity index (χ3v) is 5.39. The summed E-state index contributed by atoms with van der Waals surface area (Å²) in [6.45, 7) is 2.95. The van der Waals surface area contributed by atoms with E-state index in [2.05, 4.69) is 5.32 Å². The van der Waals surface area contributed by atoms with E-state index in [0.717, 1.165) is 63.1 Å². The molecule has 6 nitrogen and oxygen atoms in total. The molecular weight excluding hydrogens is 330 g/mol. The lowest BCUT2D eigenvalue weighted by Gasteiger charge is -2.36. The molecule has 26 heavy (non-hydrogen) atoms. The van der Waals surface area contributed by atoms with E-state index < -0.39 is 0 Å². The van der Waals surface area contributed by atoms with E-state index in [1.54, 1.807) is 7.11 Å². The average Bonchev–Trinajstić information content (AvgIpc) is 3.10. The van der Waals surface area contributed by atoms with Crippen molar-refractivity contribution in [1.29, 1.82) is 0 Å². The van der Waals surface area contributed by atoms with E-state index in [1.165, 1.54) is 0 Å². The predicted molar refractivity (Wildman–Crippen MR) is 100 cm³/mol. The van der Waals surface area contributed by atoms with Gasteiger partial charge in [0.05, 0.1) is 7.11 Å². The monoisotopic (exact) mass is 359 g/mol. The molecule has 0 aromatic heterocycles. The molecule has 0 saturated carbocycles. The van der Waals surface area contributed by atoms with Crippen LogP contribution in [0.25, 0.3) is 0 Å². The smallest absolute Gasteiger partial charge is 0.317 e. The zero-order valence-corrected chi connectivity index (χ0v) is 15.6. The number of carbonyl (C=O) groups excluding carboxylic acids is 2. The number of rotatable bonds is 6. The van der Waals surface area contributed by atoms with Crippen LogP contribution in [0.1, 0.15) is 44.1 Å². The molecule has 1 atom stereocenters. The van der Waals surface area contributed by atoms with Crippen LogP contribution in [-0.2, 0) is 11.3 Å². The topological polar surface area (TPSA) is 61.9 Å². The van der Waals surface area contributed by atoms with Crippen molar-refractivity contribution >= 4 is 11.9 Å². The molecule has 2 aliphatic heterocycles. The molecule has 2 aliphatic rings. The van der Waals surface area contributed by atoms with Crippen molar-refractivity contribution in [3.63, 3.8) is 0 Å². The number of amides is 3. The Balaban J connectivity index is 1.50. The maximum Gasteiger partial charge on any atom is 0.317 e. The standard InChI is InChI=1S/C20H29N3O3/c1-26-18-9-7-16(8-10-18)15-21-20(25)23-13-3-2-5-17(23)11-14-22-12-4-6-19(22)24/h7-10,17H,2-6,11-15H2,1H3,(H,21,25)/t17-/m0/s1. The minimum Gasteiger partial charge on any atom is -0.497 e. The summed E-state index contributed by atoms with van der Waals surface area (Å²) in [4.78, 5) is 28.4. The summed E-state index contributed by atoms with van der Waals surface area (Å²) in [5.41, 5.74) is 1.05. The summed E-state index contributed by atoms with van der Waals surface area (Å²) >= 11 is 0. The van der Waals surface area contributed by atoms with Gasteiger partial charge in [-0.05, 0) is 49.8 Å². The Bertz CT molecular complexity index is 617. The number of piperidine rings is 1. The number of urea groups is 1. The number of ether oxygens (including phenoxy) is 1. The van der Waals surface area contributed by atoms with E-state index in [1.807, 2.05) is 34.1 Å². The Morgan fingerprint density at radius 1 is 1.19 bits per heavy atom. The average molecular weight is 359 g/mol. The number of benzene rings is 1. The zero-order valence-electron chi connectivity index (χ0n) is 15.6. The first-order chi connectivity index (χ1) is 12.7. The van der Waals surface area contributed by atoms with Crippen molar-refractivity contribution in [3.8, 4) is 5.75 Å². The summed E-state index contributed by atoms with van der Waals surface area (Å²) in [7, 11) is 1.64. The largest absolute Gasteiger partial charge is 0.497 e.